The highest BCUT2D eigenvalue weighted by Crippen LogP contribution is 2.31. The number of aromatic nitrogens is 2. The number of rotatable bonds is 4. The highest BCUT2D eigenvalue weighted by atomic mass is 32.2. The molecule has 126 valence electrons. The Hall–Kier alpha value is -1.29. The van der Waals surface area contributed by atoms with Crippen LogP contribution in [0.1, 0.15) is 11.4 Å². The number of nitrogens with zero attached hydrogens (tertiary/aromatic N) is 4. The Bertz CT molecular complexity index is 810. The first-order chi connectivity index (χ1) is 10.8. The van der Waals surface area contributed by atoms with Gasteiger partial charge in [-0.2, -0.15) is 0 Å². The third-order valence-corrected chi connectivity index (χ3v) is 5.82. The van der Waals surface area contributed by atoms with Crippen molar-refractivity contribution in [3.63, 3.8) is 0 Å². The van der Waals surface area contributed by atoms with E-state index in [-0.39, 0.29) is 5.75 Å². The van der Waals surface area contributed by atoms with Gasteiger partial charge in [0.1, 0.15) is 16.5 Å². The maximum Gasteiger partial charge on any atom is 0.210 e. The van der Waals surface area contributed by atoms with E-state index in [9.17, 15) is 8.42 Å². The predicted octanol–water partition coefficient (Wildman–Crippen LogP) is 0.719. The van der Waals surface area contributed by atoms with Crippen LogP contribution in [0.15, 0.2) is 5.38 Å². The molecule has 0 spiro atoms. The molecule has 2 N–H and O–H groups in total. The van der Waals surface area contributed by atoms with Crippen LogP contribution in [0.2, 0.25) is 0 Å². The van der Waals surface area contributed by atoms with Gasteiger partial charge in [0.05, 0.1) is 11.1 Å². The lowest BCUT2D eigenvalue weighted by Crippen LogP contribution is -2.48. The number of piperazine rings is 1. The summed E-state index contributed by atoms with van der Waals surface area (Å²) < 4.78 is 22.2. The van der Waals surface area contributed by atoms with Gasteiger partial charge in [0.25, 0.3) is 0 Å². The number of nitrogens with two attached hydrogens (primary N) is 1. The third kappa shape index (κ3) is 3.79. The Morgan fingerprint density at radius 1 is 1.22 bits per heavy atom. The highest BCUT2D eigenvalue weighted by Gasteiger charge is 2.22. The molecule has 0 radical (unpaired) electrons. The van der Waals surface area contributed by atoms with Crippen LogP contribution in [0.3, 0.4) is 0 Å². The summed E-state index contributed by atoms with van der Waals surface area (Å²) in [5, 5.41) is 8.33. The SMILES string of the molecule is Cc1nc(N2CCN(CCS(N)(=O)=O)CC2)c2c(C)csc2n1. The van der Waals surface area contributed by atoms with Crippen molar-refractivity contribution in [2.75, 3.05) is 43.4 Å². The highest BCUT2D eigenvalue weighted by molar-refractivity contribution is 7.89. The summed E-state index contributed by atoms with van der Waals surface area (Å²) >= 11 is 1.65. The van der Waals surface area contributed by atoms with Gasteiger partial charge in [0, 0.05) is 32.7 Å². The number of thiophene rings is 1. The van der Waals surface area contributed by atoms with Gasteiger partial charge in [-0.25, -0.2) is 23.5 Å². The molecule has 2 aromatic rings. The number of hydrogen-bond donors (Lipinski definition) is 1. The Morgan fingerprint density at radius 2 is 1.91 bits per heavy atom. The van der Waals surface area contributed by atoms with Crippen molar-refractivity contribution in [1.29, 1.82) is 0 Å². The number of anilines is 1. The summed E-state index contributed by atoms with van der Waals surface area (Å²) in [5.41, 5.74) is 1.21. The Balaban J connectivity index is 1.74. The van der Waals surface area contributed by atoms with Crippen LogP contribution in [0, 0.1) is 13.8 Å². The summed E-state index contributed by atoms with van der Waals surface area (Å²) in [4.78, 5) is 14.6. The normalized spacial score (nSPS) is 17.1. The van der Waals surface area contributed by atoms with Gasteiger partial charge >= 0.3 is 0 Å². The minimum atomic E-state index is -3.40. The van der Waals surface area contributed by atoms with Crippen molar-refractivity contribution in [2.24, 2.45) is 5.14 Å². The molecular formula is C14H21N5O2S2. The van der Waals surface area contributed by atoms with Gasteiger partial charge in [0.15, 0.2) is 0 Å². The van der Waals surface area contributed by atoms with Crippen molar-refractivity contribution in [2.45, 2.75) is 13.8 Å². The molecule has 1 aliphatic rings. The summed E-state index contributed by atoms with van der Waals surface area (Å²) in [5.74, 6) is 1.79. The quantitative estimate of drug-likeness (QED) is 0.869. The fourth-order valence-corrected chi connectivity index (χ4v) is 4.31. The van der Waals surface area contributed by atoms with E-state index < -0.39 is 10.0 Å². The number of fused-ring (bicyclic) bond motifs is 1. The molecule has 0 aliphatic carbocycles. The van der Waals surface area contributed by atoms with Crippen LogP contribution in [0.4, 0.5) is 5.82 Å². The van der Waals surface area contributed by atoms with Crippen LogP contribution >= 0.6 is 11.3 Å². The van der Waals surface area contributed by atoms with Crippen molar-refractivity contribution >= 4 is 37.4 Å². The monoisotopic (exact) mass is 355 g/mol. The lowest BCUT2D eigenvalue weighted by molar-refractivity contribution is 0.271. The molecule has 0 aromatic carbocycles. The fraction of sp³-hybridized carbons (Fsp3) is 0.571. The number of primary sulfonamides is 1. The van der Waals surface area contributed by atoms with Gasteiger partial charge in [-0.1, -0.05) is 0 Å². The van der Waals surface area contributed by atoms with Crippen LogP contribution in [0.25, 0.3) is 10.2 Å². The molecule has 23 heavy (non-hydrogen) atoms. The van der Waals surface area contributed by atoms with E-state index in [2.05, 4.69) is 32.1 Å². The molecule has 3 heterocycles. The molecule has 1 saturated heterocycles. The standard InChI is InChI=1S/C14H21N5O2S2/c1-10-9-22-14-12(10)13(16-11(2)17-14)19-5-3-18(4-6-19)7-8-23(15,20)21/h9H,3-8H2,1-2H3,(H2,15,20,21). The molecule has 9 heteroatoms. The van der Waals surface area contributed by atoms with E-state index >= 15 is 0 Å². The lowest BCUT2D eigenvalue weighted by Gasteiger charge is -2.35. The van der Waals surface area contributed by atoms with Gasteiger partial charge in [-0.05, 0) is 24.8 Å². The number of sulfonamides is 1. The van der Waals surface area contributed by atoms with Crippen molar-refractivity contribution < 1.29 is 8.42 Å². The second-order valence-corrected chi connectivity index (χ2v) is 8.48. The van der Waals surface area contributed by atoms with E-state index in [4.69, 9.17) is 5.14 Å². The molecular weight excluding hydrogens is 334 g/mol. The maximum absolute atomic E-state index is 11.1. The first-order valence-electron chi connectivity index (χ1n) is 7.54. The first-order valence-corrected chi connectivity index (χ1v) is 10.1. The minimum Gasteiger partial charge on any atom is -0.353 e. The van der Waals surface area contributed by atoms with E-state index in [1.54, 1.807) is 11.3 Å². The molecule has 7 nitrogen and oxygen atoms in total. The maximum atomic E-state index is 11.1. The average Bonchev–Trinajstić information content (AvgIpc) is 2.85. The molecule has 0 bridgehead atoms. The summed E-state index contributed by atoms with van der Waals surface area (Å²) in [6.45, 7) is 7.76. The van der Waals surface area contributed by atoms with Crippen LogP contribution < -0.4 is 10.0 Å². The summed E-state index contributed by atoms with van der Waals surface area (Å²) in [6, 6.07) is 0. The Kier molecular flexibility index (Phi) is 4.54. The molecule has 2 aromatic heterocycles. The van der Waals surface area contributed by atoms with Gasteiger partial charge in [-0.15, -0.1) is 11.3 Å². The molecule has 3 rings (SSSR count). The number of aryl methyl sites for hydroxylation is 2. The van der Waals surface area contributed by atoms with Crippen molar-refractivity contribution in [3.8, 4) is 0 Å². The number of hydrogen-bond acceptors (Lipinski definition) is 7. The Morgan fingerprint density at radius 3 is 2.57 bits per heavy atom. The smallest absolute Gasteiger partial charge is 0.210 e. The van der Waals surface area contributed by atoms with Gasteiger partial charge in [0.2, 0.25) is 10.0 Å². The third-order valence-electron chi connectivity index (χ3n) is 4.07. The molecule has 1 aliphatic heterocycles. The molecule has 0 amide bonds. The molecule has 1 fully saturated rings. The second kappa shape index (κ2) is 6.31. The lowest BCUT2D eigenvalue weighted by atomic mass is 10.2. The van der Waals surface area contributed by atoms with E-state index in [1.165, 1.54) is 5.56 Å². The zero-order valence-corrected chi connectivity index (χ0v) is 15.0. The largest absolute Gasteiger partial charge is 0.353 e. The summed E-state index contributed by atoms with van der Waals surface area (Å²) in [6.07, 6.45) is 0. The first kappa shape index (κ1) is 16.6. The average molecular weight is 355 g/mol. The van der Waals surface area contributed by atoms with E-state index in [1.807, 2.05) is 6.92 Å². The van der Waals surface area contributed by atoms with Gasteiger partial charge in [-0.3, -0.25) is 4.90 Å². The molecule has 0 saturated carbocycles. The van der Waals surface area contributed by atoms with Crippen molar-refractivity contribution in [3.05, 3.63) is 16.8 Å². The Labute approximate surface area is 140 Å². The molecule has 0 unspecified atom stereocenters. The zero-order chi connectivity index (χ0) is 16.6. The predicted molar refractivity (Wildman–Crippen MR) is 93.5 cm³/mol. The summed E-state index contributed by atoms with van der Waals surface area (Å²) in [7, 11) is -3.40. The minimum absolute atomic E-state index is 0.00744. The van der Waals surface area contributed by atoms with Crippen LogP contribution in [0.5, 0.6) is 0 Å². The zero-order valence-electron chi connectivity index (χ0n) is 13.3. The molecule has 0 atom stereocenters. The van der Waals surface area contributed by atoms with Crippen molar-refractivity contribution in [1.82, 2.24) is 14.9 Å². The van der Waals surface area contributed by atoms with Crippen LogP contribution in [-0.4, -0.2) is 61.8 Å². The fourth-order valence-electron chi connectivity index (χ4n) is 2.83. The van der Waals surface area contributed by atoms with E-state index in [0.717, 1.165) is 48.0 Å². The topological polar surface area (TPSA) is 92.4 Å². The second-order valence-electron chi connectivity index (χ2n) is 5.89. The van der Waals surface area contributed by atoms with Gasteiger partial charge < -0.3 is 4.90 Å². The van der Waals surface area contributed by atoms with E-state index in [0.29, 0.717) is 6.54 Å². The van der Waals surface area contributed by atoms with Crippen LogP contribution in [-0.2, 0) is 10.0 Å².